The van der Waals surface area contributed by atoms with Gasteiger partial charge in [-0.3, -0.25) is 14.4 Å². The molecule has 0 radical (unpaired) electrons. The summed E-state index contributed by atoms with van der Waals surface area (Å²) in [4.78, 5) is 49.5. The number of nitrogens with one attached hydrogen (secondary N) is 2. The van der Waals surface area contributed by atoms with Crippen molar-refractivity contribution in [2.24, 2.45) is 5.73 Å². The molecule has 5 rings (SSSR count). The average Bonchev–Trinajstić information content (AvgIpc) is 3.44. The van der Waals surface area contributed by atoms with Gasteiger partial charge in [0.1, 0.15) is 12.6 Å². The van der Waals surface area contributed by atoms with E-state index >= 15 is 0 Å². The van der Waals surface area contributed by atoms with Crippen LogP contribution in [0.4, 0.5) is 0 Å². The van der Waals surface area contributed by atoms with Gasteiger partial charge in [0.05, 0.1) is 13.7 Å². The second kappa shape index (κ2) is 15.5. The lowest BCUT2D eigenvalue weighted by Crippen LogP contribution is -2.42. The number of carbonyl (C=O) groups is 4. The number of hydrogen-bond donors (Lipinski definition) is 3. The van der Waals surface area contributed by atoms with E-state index in [9.17, 15) is 19.2 Å². The smallest absolute Gasteiger partial charge is 0.328 e. The minimum Gasteiger partial charge on any atom is -0.467 e. The predicted octanol–water partition coefficient (Wildman–Crippen LogP) is 4.07. The quantitative estimate of drug-likeness (QED) is 0.168. The maximum Gasteiger partial charge on any atom is 0.328 e. The third-order valence-electron chi connectivity index (χ3n) is 7.93. The van der Waals surface area contributed by atoms with Gasteiger partial charge in [-0.05, 0) is 70.6 Å². The lowest BCUT2D eigenvalue weighted by molar-refractivity contribution is -0.145. The third-order valence-corrected chi connectivity index (χ3v) is 7.93. The van der Waals surface area contributed by atoms with E-state index in [0.29, 0.717) is 17.7 Å². The highest BCUT2D eigenvalue weighted by Gasteiger charge is 2.29. The van der Waals surface area contributed by atoms with Gasteiger partial charge in [-0.15, -0.1) is 0 Å². The molecule has 0 bridgehead atoms. The summed E-state index contributed by atoms with van der Waals surface area (Å²) in [5.74, 6) is 4.23. The molecule has 0 fully saturated rings. The second-order valence-electron chi connectivity index (χ2n) is 11.0. The Bertz CT molecular complexity index is 1780. The first-order chi connectivity index (χ1) is 22.9. The number of carbonyl (C=O) groups excluding carboxylic acids is 4. The Hall–Kier alpha value is -5.72. The monoisotopic (exact) mass is 629 g/mol. The van der Waals surface area contributed by atoms with Gasteiger partial charge in [-0.25, -0.2) is 4.79 Å². The Morgan fingerprint density at radius 1 is 0.809 bits per heavy atom. The minimum absolute atomic E-state index is 0.0246. The predicted molar refractivity (Wildman–Crippen MR) is 177 cm³/mol. The molecule has 4 aromatic carbocycles. The molecular weight excluding hydrogens is 594 g/mol. The van der Waals surface area contributed by atoms with E-state index in [0.717, 1.165) is 33.4 Å². The number of benzene rings is 4. The zero-order chi connectivity index (χ0) is 33.2. The van der Waals surface area contributed by atoms with E-state index in [1.54, 1.807) is 24.3 Å². The molecule has 0 aromatic heterocycles. The van der Waals surface area contributed by atoms with Gasteiger partial charge < -0.3 is 25.8 Å². The molecule has 1 aliphatic carbocycles. The number of fused-ring (bicyclic) bond motifs is 3. The maximum absolute atomic E-state index is 13.0. The summed E-state index contributed by atoms with van der Waals surface area (Å²) in [6.07, 6.45) is -0.0509. The first kappa shape index (κ1) is 32.7. The fraction of sp³-hybridized carbons (Fsp3) is 0.211. The Balaban J connectivity index is 1.13. The van der Waals surface area contributed by atoms with E-state index in [4.69, 9.17) is 15.2 Å². The van der Waals surface area contributed by atoms with Crippen LogP contribution in [0.5, 0.6) is 0 Å². The Morgan fingerprint density at radius 3 is 1.96 bits per heavy atom. The van der Waals surface area contributed by atoms with Crippen LogP contribution in [0.15, 0.2) is 97.1 Å². The van der Waals surface area contributed by atoms with Crippen molar-refractivity contribution in [1.29, 1.82) is 0 Å². The molecule has 238 valence electrons. The number of hydrogen-bond acceptors (Lipinski definition) is 7. The van der Waals surface area contributed by atoms with Crippen LogP contribution < -0.4 is 16.4 Å². The standard InChI is InChI=1S/C38H35N3O6/c1-46-38(45)34(20-21-36(43)47-24-33-31-8-4-2-6-29(31)30-7-3-5-9-32(30)33)41-37(44)28-18-16-26(17-19-28)11-10-25-12-14-27(15-13-25)23-40-35(42)22-39/h2-9,12-19,33-34H,20-24,39H2,1H3,(H,40,42)(H,41,44)/t34-/m0/s1. The first-order valence-corrected chi connectivity index (χ1v) is 15.3. The molecule has 4 aromatic rings. The van der Waals surface area contributed by atoms with Gasteiger partial charge in [-0.1, -0.05) is 72.5 Å². The summed E-state index contributed by atoms with van der Waals surface area (Å²) in [6.45, 7) is 0.510. The normalized spacial score (nSPS) is 12.0. The summed E-state index contributed by atoms with van der Waals surface area (Å²) >= 11 is 0. The first-order valence-electron chi connectivity index (χ1n) is 15.3. The van der Waals surface area contributed by atoms with Crippen LogP contribution in [0.1, 0.15) is 56.9 Å². The van der Waals surface area contributed by atoms with E-state index in [1.165, 1.54) is 7.11 Å². The molecule has 0 aliphatic heterocycles. The average molecular weight is 630 g/mol. The number of nitrogens with two attached hydrogens (primary N) is 1. The second-order valence-corrected chi connectivity index (χ2v) is 11.0. The van der Waals surface area contributed by atoms with Gasteiger partial charge in [0, 0.05) is 35.6 Å². The van der Waals surface area contributed by atoms with Crippen LogP contribution in [0.25, 0.3) is 11.1 Å². The molecule has 2 amide bonds. The number of rotatable bonds is 11. The molecule has 0 unspecified atom stereocenters. The van der Waals surface area contributed by atoms with Crippen LogP contribution in [-0.4, -0.2) is 50.1 Å². The number of methoxy groups -OCH3 is 1. The Labute approximate surface area is 273 Å². The summed E-state index contributed by atoms with van der Waals surface area (Å²) in [5, 5.41) is 5.39. The Kier molecular flexibility index (Phi) is 10.8. The minimum atomic E-state index is -1.03. The Morgan fingerprint density at radius 2 is 1.38 bits per heavy atom. The lowest BCUT2D eigenvalue weighted by Gasteiger charge is -2.17. The molecule has 4 N–H and O–H groups in total. The SMILES string of the molecule is COC(=O)[C@H](CCC(=O)OCC1c2ccccc2-c2ccccc21)NC(=O)c1ccc(C#Cc2ccc(CNC(=O)CN)cc2)cc1. The van der Waals surface area contributed by atoms with Gasteiger partial charge in [0.2, 0.25) is 5.91 Å². The van der Waals surface area contributed by atoms with Gasteiger partial charge in [-0.2, -0.15) is 0 Å². The van der Waals surface area contributed by atoms with Gasteiger partial charge in [0.15, 0.2) is 0 Å². The largest absolute Gasteiger partial charge is 0.467 e. The molecule has 9 heteroatoms. The van der Waals surface area contributed by atoms with Crippen LogP contribution in [0.3, 0.4) is 0 Å². The van der Waals surface area contributed by atoms with E-state index in [1.807, 2.05) is 60.7 Å². The topological polar surface area (TPSA) is 137 Å². The number of ether oxygens (including phenoxy) is 2. The molecule has 0 saturated carbocycles. The fourth-order valence-corrected chi connectivity index (χ4v) is 5.41. The highest BCUT2D eigenvalue weighted by Crippen LogP contribution is 2.44. The van der Waals surface area contributed by atoms with Crippen molar-refractivity contribution < 1.29 is 28.7 Å². The van der Waals surface area contributed by atoms with Crippen LogP contribution in [0.2, 0.25) is 0 Å². The van der Waals surface area contributed by atoms with Crippen LogP contribution >= 0.6 is 0 Å². The number of amides is 2. The number of esters is 2. The van der Waals surface area contributed by atoms with E-state index in [-0.39, 0.29) is 37.8 Å². The van der Waals surface area contributed by atoms with E-state index in [2.05, 4.69) is 34.6 Å². The van der Waals surface area contributed by atoms with E-state index < -0.39 is 23.9 Å². The van der Waals surface area contributed by atoms with Crippen molar-refractivity contribution in [2.75, 3.05) is 20.3 Å². The summed E-state index contributed by atoms with van der Waals surface area (Å²) < 4.78 is 10.5. The zero-order valence-corrected chi connectivity index (χ0v) is 26.0. The third kappa shape index (κ3) is 8.31. The molecule has 9 nitrogen and oxygen atoms in total. The summed E-state index contributed by atoms with van der Waals surface area (Å²) in [6, 6.07) is 29.2. The van der Waals surface area contributed by atoms with Crippen molar-refractivity contribution in [1.82, 2.24) is 10.6 Å². The molecule has 0 heterocycles. The molecule has 1 aliphatic rings. The van der Waals surface area contributed by atoms with Crippen LogP contribution in [-0.2, 0) is 30.4 Å². The molecule has 0 saturated heterocycles. The van der Waals surface area contributed by atoms with Crippen LogP contribution in [0, 0.1) is 11.8 Å². The summed E-state index contributed by atoms with van der Waals surface area (Å²) in [5.41, 5.74) is 12.5. The molecule has 1 atom stereocenters. The van der Waals surface area contributed by atoms with Gasteiger partial charge in [0.25, 0.3) is 5.91 Å². The zero-order valence-electron chi connectivity index (χ0n) is 26.0. The highest BCUT2D eigenvalue weighted by molar-refractivity contribution is 5.97. The molecular formula is C38H35N3O6. The molecule has 0 spiro atoms. The maximum atomic E-state index is 13.0. The van der Waals surface area contributed by atoms with Crippen molar-refractivity contribution in [3.8, 4) is 23.0 Å². The van der Waals surface area contributed by atoms with Crippen molar-refractivity contribution >= 4 is 23.8 Å². The molecule has 47 heavy (non-hydrogen) atoms. The van der Waals surface area contributed by atoms with Crippen molar-refractivity contribution in [2.45, 2.75) is 31.3 Å². The highest BCUT2D eigenvalue weighted by atomic mass is 16.5. The van der Waals surface area contributed by atoms with Crippen molar-refractivity contribution in [3.05, 3.63) is 130 Å². The lowest BCUT2D eigenvalue weighted by atomic mass is 9.98. The fourth-order valence-electron chi connectivity index (χ4n) is 5.41. The van der Waals surface area contributed by atoms with Gasteiger partial charge >= 0.3 is 11.9 Å². The summed E-state index contributed by atoms with van der Waals surface area (Å²) in [7, 11) is 1.23. The van der Waals surface area contributed by atoms with Crippen molar-refractivity contribution in [3.63, 3.8) is 0 Å².